The Labute approximate surface area is 72.0 Å². The molecule has 0 saturated heterocycles. The van der Waals surface area contributed by atoms with E-state index >= 15 is 0 Å². The normalized spacial score (nSPS) is 12.1. The maximum Gasteiger partial charge on any atom is 0.303 e. The van der Waals surface area contributed by atoms with Crippen LogP contribution < -0.4 is 5.32 Å². The first-order valence-corrected chi connectivity index (χ1v) is 4.05. The molecule has 0 aliphatic carbocycles. The third-order valence-corrected chi connectivity index (χ3v) is 1.72. The fourth-order valence-corrected chi connectivity index (χ4v) is 0.903. The standard InChI is InChI=1S/C8H15NO3/c1-7(2-3-8(11)12)4-5-9-6-10/h6-7H,2-5H2,1H3,(H,9,10)(H,11,12). The van der Waals surface area contributed by atoms with E-state index in [4.69, 9.17) is 5.11 Å². The summed E-state index contributed by atoms with van der Waals surface area (Å²) in [7, 11) is 0. The molecular formula is C8H15NO3. The number of hydrogen-bond acceptors (Lipinski definition) is 2. The summed E-state index contributed by atoms with van der Waals surface area (Å²) in [6.45, 7) is 2.61. The van der Waals surface area contributed by atoms with Crippen LogP contribution in [0.5, 0.6) is 0 Å². The molecule has 1 amide bonds. The lowest BCUT2D eigenvalue weighted by Crippen LogP contribution is -2.15. The SMILES string of the molecule is CC(CCNC=O)CCC(=O)O. The molecule has 1 unspecified atom stereocenters. The molecule has 0 bridgehead atoms. The molecule has 0 heterocycles. The molecule has 0 aliphatic rings. The topological polar surface area (TPSA) is 66.4 Å². The number of hydrogen-bond donors (Lipinski definition) is 2. The fraction of sp³-hybridized carbons (Fsp3) is 0.750. The molecule has 0 saturated carbocycles. The summed E-state index contributed by atoms with van der Waals surface area (Å²) in [6, 6.07) is 0. The van der Waals surface area contributed by atoms with Gasteiger partial charge < -0.3 is 10.4 Å². The van der Waals surface area contributed by atoms with Gasteiger partial charge in [-0.15, -0.1) is 0 Å². The molecule has 0 aliphatic heterocycles. The molecule has 4 heteroatoms. The van der Waals surface area contributed by atoms with Crippen LogP contribution in [0.3, 0.4) is 0 Å². The highest BCUT2D eigenvalue weighted by atomic mass is 16.4. The van der Waals surface area contributed by atoms with Gasteiger partial charge in [-0.3, -0.25) is 9.59 Å². The predicted molar refractivity (Wildman–Crippen MR) is 44.7 cm³/mol. The van der Waals surface area contributed by atoms with Gasteiger partial charge in [-0.2, -0.15) is 0 Å². The first-order valence-electron chi connectivity index (χ1n) is 4.05. The molecular weight excluding hydrogens is 158 g/mol. The zero-order chi connectivity index (χ0) is 9.40. The molecule has 0 aromatic carbocycles. The van der Waals surface area contributed by atoms with Crippen LogP contribution in [0.25, 0.3) is 0 Å². The van der Waals surface area contributed by atoms with Crippen molar-refractivity contribution >= 4 is 12.4 Å². The fourth-order valence-electron chi connectivity index (χ4n) is 0.903. The zero-order valence-electron chi connectivity index (χ0n) is 7.25. The van der Waals surface area contributed by atoms with Gasteiger partial charge >= 0.3 is 5.97 Å². The van der Waals surface area contributed by atoms with Crippen molar-refractivity contribution in [3.05, 3.63) is 0 Å². The Balaban J connectivity index is 3.26. The Bertz CT molecular complexity index is 147. The second-order valence-corrected chi connectivity index (χ2v) is 2.90. The highest BCUT2D eigenvalue weighted by molar-refractivity contribution is 5.66. The van der Waals surface area contributed by atoms with E-state index in [0.717, 1.165) is 6.42 Å². The van der Waals surface area contributed by atoms with Crippen LogP contribution in [0.4, 0.5) is 0 Å². The van der Waals surface area contributed by atoms with Crippen LogP contribution in [0.1, 0.15) is 26.2 Å². The monoisotopic (exact) mass is 173 g/mol. The van der Waals surface area contributed by atoms with Crippen LogP contribution in [0, 0.1) is 5.92 Å². The maximum atomic E-state index is 10.2. The first kappa shape index (κ1) is 10.9. The minimum atomic E-state index is -0.759. The number of amides is 1. The second kappa shape index (κ2) is 6.64. The number of carboxylic acids is 1. The van der Waals surface area contributed by atoms with E-state index in [9.17, 15) is 9.59 Å². The molecule has 1 atom stereocenters. The molecule has 12 heavy (non-hydrogen) atoms. The van der Waals surface area contributed by atoms with Crippen molar-refractivity contribution in [2.24, 2.45) is 5.92 Å². The Hall–Kier alpha value is -1.06. The van der Waals surface area contributed by atoms with Crippen LogP contribution >= 0.6 is 0 Å². The number of aliphatic carboxylic acids is 1. The predicted octanol–water partition coefficient (Wildman–Crippen LogP) is 0.623. The van der Waals surface area contributed by atoms with Gasteiger partial charge in [0.15, 0.2) is 0 Å². The molecule has 0 aromatic heterocycles. The number of rotatable bonds is 7. The third kappa shape index (κ3) is 7.05. The summed E-state index contributed by atoms with van der Waals surface area (Å²) in [6.07, 6.45) is 2.38. The van der Waals surface area contributed by atoms with Gasteiger partial charge in [-0.1, -0.05) is 6.92 Å². The quantitative estimate of drug-likeness (QED) is 0.438. The average Bonchev–Trinajstić information content (AvgIpc) is 2.01. The molecule has 0 fully saturated rings. The lowest BCUT2D eigenvalue weighted by molar-refractivity contribution is -0.137. The Morgan fingerprint density at radius 3 is 2.75 bits per heavy atom. The zero-order valence-corrected chi connectivity index (χ0v) is 7.25. The average molecular weight is 173 g/mol. The van der Waals surface area contributed by atoms with Gasteiger partial charge in [-0.25, -0.2) is 0 Å². The van der Waals surface area contributed by atoms with Crippen molar-refractivity contribution in [1.82, 2.24) is 5.32 Å². The van der Waals surface area contributed by atoms with Crippen molar-refractivity contribution in [1.29, 1.82) is 0 Å². The van der Waals surface area contributed by atoms with E-state index < -0.39 is 5.97 Å². The van der Waals surface area contributed by atoms with Gasteiger partial charge in [0, 0.05) is 13.0 Å². The number of carbonyl (C=O) groups is 2. The van der Waals surface area contributed by atoms with Crippen molar-refractivity contribution < 1.29 is 14.7 Å². The molecule has 0 radical (unpaired) electrons. The van der Waals surface area contributed by atoms with E-state index in [0.29, 0.717) is 25.3 Å². The minimum absolute atomic E-state index is 0.211. The molecule has 0 spiro atoms. The second-order valence-electron chi connectivity index (χ2n) is 2.90. The van der Waals surface area contributed by atoms with Gasteiger partial charge in [0.25, 0.3) is 0 Å². The Morgan fingerprint density at radius 1 is 1.58 bits per heavy atom. The summed E-state index contributed by atoms with van der Waals surface area (Å²) in [5, 5.41) is 10.9. The van der Waals surface area contributed by atoms with Crippen molar-refractivity contribution in [2.45, 2.75) is 26.2 Å². The van der Waals surface area contributed by atoms with Crippen LogP contribution in [0.2, 0.25) is 0 Å². The van der Waals surface area contributed by atoms with E-state index in [1.165, 1.54) is 0 Å². The smallest absolute Gasteiger partial charge is 0.303 e. The summed E-state index contributed by atoms with van der Waals surface area (Å²) < 4.78 is 0. The number of carboxylic acid groups (broad SMARTS) is 1. The number of carbonyl (C=O) groups excluding carboxylic acids is 1. The molecule has 4 nitrogen and oxygen atoms in total. The summed E-state index contributed by atoms with van der Waals surface area (Å²) in [5.74, 6) is -0.404. The van der Waals surface area contributed by atoms with Gasteiger partial charge in [0.05, 0.1) is 0 Å². The summed E-state index contributed by atoms with van der Waals surface area (Å²) in [5.41, 5.74) is 0. The van der Waals surface area contributed by atoms with Crippen LogP contribution in [-0.2, 0) is 9.59 Å². The summed E-state index contributed by atoms with van der Waals surface area (Å²) in [4.78, 5) is 20.0. The van der Waals surface area contributed by atoms with Crippen molar-refractivity contribution in [3.63, 3.8) is 0 Å². The maximum absolute atomic E-state index is 10.2. The Morgan fingerprint density at radius 2 is 2.25 bits per heavy atom. The Kier molecular flexibility index (Phi) is 6.05. The largest absolute Gasteiger partial charge is 0.481 e. The van der Waals surface area contributed by atoms with E-state index in [-0.39, 0.29) is 6.42 Å². The van der Waals surface area contributed by atoms with Gasteiger partial charge in [0.2, 0.25) is 6.41 Å². The number of nitrogens with one attached hydrogen (secondary N) is 1. The van der Waals surface area contributed by atoms with E-state index in [1.807, 2.05) is 6.92 Å². The first-order chi connectivity index (χ1) is 5.66. The third-order valence-electron chi connectivity index (χ3n) is 1.72. The van der Waals surface area contributed by atoms with Crippen molar-refractivity contribution in [3.8, 4) is 0 Å². The van der Waals surface area contributed by atoms with Crippen LogP contribution in [0.15, 0.2) is 0 Å². The van der Waals surface area contributed by atoms with E-state index in [1.54, 1.807) is 0 Å². The lowest BCUT2D eigenvalue weighted by atomic mass is 10.0. The molecule has 70 valence electrons. The summed E-state index contributed by atoms with van der Waals surface area (Å²) >= 11 is 0. The van der Waals surface area contributed by atoms with Crippen molar-refractivity contribution in [2.75, 3.05) is 6.54 Å². The molecule has 0 rings (SSSR count). The minimum Gasteiger partial charge on any atom is -0.481 e. The highest BCUT2D eigenvalue weighted by Crippen LogP contribution is 2.08. The molecule has 2 N–H and O–H groups in total. The van der Waals surface area contributed by atoms with Gasteiger partial charge in [0.1, 0.15) is 0 Å². The van der Waals surface area contributed by atoms with Gasteiger partial charge in [-0.05, 0) is 18.8 Å². The van der Waals surface area contributed by atoms with E-state index in [2.05, 4.69) is 5.32 Å². The highest BCUT2D eigenvalue weighted by Gasteiger charge is 2.04. The lowest BCUT2D eigenvalue weighted by Gasteiger charge is -2.08. The van der Waals surface area contributed by atoms with Crippen LogP contribution in [-0.4, -0.2) is 24.0 Å². The molecule has 0 aromatic rings.